The Morgan fingerprint density at radius 3 is 2.27 bits per heavy atom. The molecule has 0 spiro atoms. The molecule has 0 radical (unpaired) electrons. The number of aromatic hydroxyl groups is 1. The number of hydrogen-bond donors (Lipinski definition) is 1. The van der Waals surface area contributed by atoms with E-state index in [1.807, 2.05) is 6.07 Å². The Morgan fingerprint density at radius 1 is 1.00 bits per heavy atom. The Labute approximate surface area is 153 Å². The smallest absolute Gasteiger partial charge is 0.316 e. The van der Waals surface area contributed by atoms with Crippen molar-refractivity contribution in [3.05, 3.63) is 54.1 Å². The molecule has 0 atom stereocenters. The molecule has 0 aliphatic carbocycles. The highest BCUT2D eigenvalue weighted by Crippen LogP contribution is 2.20. The van der Waals surface area contributed by atoms with Crippen molar-refractivity contribution < 1.29 is 14.7 Å². The Bertz CT molecular complexity index is 796. The zero-order chi connectivity index (χ0) is 18.7. The average molecular weight is 353 g/mol. The van der Waals surface area contributed by atoms with Gasteiger partial charge in [-0.05, 0) is 48.9 Å². The fourth-order valence-electron chi connectivity index (χ4n) is 3.06. The van der Waals surface area contributed by atoms with Gasteiger partial charge in [-0.15, -0.1) is 0 Å². The molecule has 2 aromatic carbocycles. The van der Waals surface area contributed by atoms with E-state index in [0.29, 0.717) is 31.9 Å². The maximum absolute atomic E-state index is 12.5. The number of aryl methyl sites for hydroxylation is 1. The topological polar surface area (TPSA) is 64.1 Å². The molecule has 1 N–H and O–H groups in total. The van der Waals surface area contributed by atoms with Crippen molar-refractivity contribution in [2.24, 2.45) is 0 Å². The summed E-state index contributed by atoms with van der Waals surface area (Å²) in [6.45, 7) is 4.49. The first kappa shape index (κ1) is 17.8. The van der Waals surface area contributed by atoms with Crippen LogP contribution in [-0.4, -0.2) is 55.0 Å². The third kappa shape index (κ3) is 3.79. The molecule has 3 rings (SSSR count). The maximum atomic E-state index is 12.5. The van der Waals surface area contributed by atoms with E-state index in [1.54, 1.807) is 24.1 Å². The molecule has 0 saturated carbocycles. The number of amides is 2. The predicted octanol–water partition coefficient (Wildman–Crippen LogP) is 2.01. The molecule has 1 fully saturated rings. The number of nitrogens with zero attached hydrogens (tertiary/aromatic N) is 3. The van der Waals surface area contributed by atoms with E-state index in [4.69, 9.17) is 0 Å². The van der Waals surface area contributed by atoms with Gasteiger partial charge in [0.1, 0.15) is 5.75 Å². The van der Waals surface area contributed by atoms with E-state index in [2.05, 4.69) is 30.0 Å². The standard InChI is InChI=1S/C20H23N3O3/c1-15-4-3-5-17(14-15)22-10-12-23(13-11-22)20(26)19(25)21(2)16-6-8-18(24)9-7-16/h3-9,14,24H,10-13H2,1-2H3. The molecule has 1 saturated heterocycles. The molecular weight excluding hydrogens is 330 g/mol. The van der Waals surface area contributed by atoms with Crippen molar-refractivity contribution in [3.8, 4) is 5.75 Å². The van der Waals surface area contributed by atoms with E-state index in [1.165, 1.54) is 22.6 Å². The summed E-state index contributed by atoms with van der Waals surface area (Å²) in [4.78, 5) is 30.2. The molecule has 1 aliphatic heterocycles. The number of carbonyl (C=O) groups excluding carboxylic acids is 2. The summed E-state index contributed by atoms with van der Waals surface area (Å²) in [6, 6.07) is 14.5. The summed E-state index contributed by atoms with van der Waals surface area (Å²) in [5.41, 5.74) is 2.91. The molecule has 6 heteroatoms. The van der Waals surface area contributed by atoms with E-state index in [9.17, 15) is 14.7 Å². The quantitative estimate of drug-likeness (QED) is 0.839. The molecule has 0 aromatic heterocycles. The van der Waals surface area contributed by atoms with Crippen LogP contribution in [0.5, 0.6) is 5.75 Å². The summed E-state index contributed by atoms with van der Waals surface area (Å²) < 4.78 is 0. The number of benzene rings is 2. The Hall–Kier alpha value is -3.02. The van der Waals surface area contributed by atoms with Crippen LogP contribution in [0.3, 0.4) is 0 Å². The zero-order valence-electron chi connectivity index (χ0n) is 15.1. The van der Waals surface area contributed by atoms with Crippen LogP contribution in [0, 0.1) is 6.92 Å². The van der Waals surface area contributed by atoms with Crippen LogP contribution in [0.2, 0.25) is 0 Å². The van der Waals surface area contributed by atoms with Crippen molar-refractivity contribution >= 4 is 23.2 Å². The monoisotopic (exact) mass is 353 g/mol. The van der Waals surface area contributed by atoms with E-state index >= 15 is 0 Å². The second-order valence-electron chi connectivity index (χ2n) is 6.50. The second kappa shape index (κ2) is 7.47. The Balaban J connectivity index is 1.60. The molecule has 2 aromatic rings. The lowest BCUT2D eigenvalue weighted by atomic mass is 10.2. The molecule has 6 nitrogen and oxygen atoms in total. The lowest BCUT2D eigenvalue weighted by Crippen LogP contribution is -2.53. The van der Waals surface area contributed by atoms with Crippen LogP contribution in [0.25, 0.3) is 0 Å². The first-order chi connectivity index (χ1) is 12.5. The molecular formula is C20H23N3O3. The summed E-state index contributed by atoms with van der Waals surface area (Å²) >= 11 is 0. The van der Waals surface area contributed by atoms with Gasteiger partial charge in [0.15, 0.2) is 0 Å². The molecule has 1 aliphatic rings. The van der Waals surface area contributed by atoms with Crippen LogP contribution in [-0.2, 0) is 9.59 Å². The number of anilines is 2. The number of rotatable bonds is 2. The lowest BCUT2D eigenvalue weighted by molar-refractivity contribution is -0.144. The minimum Gasteiger partial charge on any atom is -0.508 e. The van der Waals surface area contributed by atoms with E-state index < -0.39 is 11.8 Å². The number of carbonyl (C=O) groups is 2. The second-order valence-corrected chi connectivity index (χ2v) is 6.50. The van der Waals surface area contributed by atoms with Gasteiger partial charge < -0.3 is 19.8 Å². The molecule has 2 amide bonds. The van der Waals surface area contributed by atoms with Crippen molar-refractivity contribution in [1.29, 1.82) is 0 Å². The summed E-state index contributed by atoms with van der Waals surface area (Å²) in [5, 5.41) is 9.34. The highest BCUT2D eigenvalue weighted by molar-refractivity contribution is 6.40. The number of phenols is 1. The van der Waals surface area contributed by atoms with Crippen molar-refractivity contribution in [1.82, 2.24) is 4.90 Å². The first-order valence-corrected chi connectivity index (χ1v) is 8.63. The van der Waals surface area contributed by atoms with Gasteiger partial charge in [0.05, 0.1) is 0 Å². The summed E-state index contributed by atoms with van der Waals surface area (Å²) in [7, 11) is 1.57. The lowest BCUT2D eigenvalue weighted by Gasteiger charge is -2.36. The van der Waals surface area contributed by atoms with Crippen LogP contribution in [0.4, 0.5) is 11.4 Å². The number of likely N-dealkylation sites (N-methyl/N-ethyl adjacent to an activating group) is 1. The van der Waals surface area contributed by atoms with Crippen LogP contribution >= 0.6 is 0 Å². The van der Waals surface area contributed by atoms with Gasteiger partial charge in [-0.2, -0.15) is 0 Å². The average Bonchev–Trinajstić information content (AvgIpc) is 2.67. The predicted molar refractivity (Wildman–Crippen MR) is 101 cm³/mol. The molecule has 1 heterocycles. The van der Waals surface area contributed by atoms with Crippen molar-refractivity contribution in [2.45, 2.75) is 6.92 Å². The highest BCUT2D eigenvalue weighted by Gasteiger charge is 2.28. The molecule has 0 bridgehead atoms. The van der Waals surface area contributed by atoms with Crippen LogP contribution in [0.15, 0.2) is 48.5 Å². The van der Waals surface area contributed by atoms with Crippen LogP contribution in [0.1, 0.15) is 5.56 Å². The normalized spacial score (nSPS) is 14.2. The minimum atomic E-state index is -0.570. The number of hydrogen-bond acceptors (Lipinski definition) is 4. The Morgan fingerprint density at radius 2 is 1.65 bits per heavy atom. The van der Waals surface area contributed by atoms with E-state index in [-0.39, 0.29) is 5.75 Å². The van der Waals surface area contributed by atoms with Gasteiger partial charge in [-0.1, -0.05) is 12.1 Å². The van der Waals surface area contributed by atoms with Gasteiger partial charge in [0, 0.05) is 44.6 Å². The van der Waals surface area contributed by atoms with Gasteiger partial charge >= 0.3 is 11.8 Å². The van der Waals surface area contributed by atoms with Crippen LogP contribution < -0.4 is 9.80 Å². The van der Waals surface area contributed by atoms with Crippen molar-refractivity contribution in [2.75, 3.05) is 43.0 Å². The summed E-state index contributed by atoms with van der Waals surface area (Å²) in [5.74, 6) is -0.947. The first-order valence-electron chi connectivity index (χ1n) is 8.63. The van der Waals surface area contributed by atoms with Gasteiger partial charge in [0.25, 0.3) is 0 Å². The minimum absolute atomic E-state index is 0.119. The fourth-order valence-corrected chi connectivity index (χ4v) is 3.06. The van der Waals surface area contributed by atoms with Gasteiger partial charge in [0.2, 0.25) is 0 Å². The molecule has 0 unspecified atom stereocenters. The summed E-state index contributed by atoms with van der Waals surface area (Å²) in [6.07, 6.45) is 0. The third-order valence-corrected chi connectivity index (χ3v) is 4.66. The molecule has 136 valence electrons. The highest BCUT2D eigenvalue weighted by atomic mass is 16.3. The SMILES string of the molecule is Cc1cccc(N2CCN(C(=O)C(=O)N(C)c3ccc(O)cc3)CC2)c1. The largest absolute Gasteiger partial charge is 0.508 e. The Kier molecular flexibility index (Phi) is 5.11. The fraction of sp³-hybridized carbons (Fsp3) is 0.300. The number of phenolic OH excluding ortho intramolecular Hbond substituents is 1. The zero-order valence-corrected chi connectivity index (χ0v) is 15.1. The van der Waals surface area contributed by atoms with Gasteiger partial charge in [-0.25, -0.2) is 0 Å². The molecule has 26 heavy (non-hydrogen) atoms. The van der Waals surface area contributed by atoms with Crippen molar-refractivity contribution in [3.63, 3.8) is 0 Å². The van der Waals surface area contributed by atoms with E-state index in [0.717, 1.165) is 5.69 Å². The number of piperazine rings is 1. The third-order valence-electron chi connectivity index (χ3n) is 4.66. The maximum Gasteiger partial charge on any atom is 0.316 e. The van der Waals surface area contributed by atoms with Gasteiger partial charge in [-0.3, -0.25) is 9.59 Å².